The molecular weight excluding hydrogens is 290 g/mol. The summed E-state index contributed by atoms with van der Waals surface area (Å²) in [6, 6.07) is 5.27. The van der Waals surface area contributed by atoms with Gasteiger partial charge in [0.15, 0.2) is 0 Å². The third-order valence-corrected chi connectivity index (χ3v) is 4.24. The van der Waals surface area contributed by atoms with Crippen molar-refractivity contribution in [2.75, 3.05) is 11.9 Å². The second-order valence-electron chi connectivity index (χ2n) is 5.59. The molecule has 1 aliphatic heterocycles. The summed E-state index contributed by atoms with van der Waals surface area (Å²) in [7, 11) is 0. The third kappa shape index (κ3) is 3.67. The van der Waals surface area contributed by atoms with Crippen molar-refractivity contribution < 1.29 is 9.59 Å². The standard InChI is InChI=1S/C15H20ClN3O2/c1-9-3-6-12(16)13(7-9)18-15(21)19-8-11(14(17)20)5-4-10(19)2/h3,6-7,10-11H,4-5,8H2,1-2H3,(H2,17,20)(H,18,21)/t10-,11-/m0/s1. The maximum absolute atomic E-state index is 12.4. The molecule has 21 heavy (non-hydrogen) atoms. The fraction of sp³-hybridized carbons (Fsp3) is 0.467. The van der Waals surface area contributed by atoms with Gasteiger partial charge >= 0.3 is 6.03 Å². The lowest BCUT2D eigenvalue weighted by molar-refractivity contribution is -0.123. The van der Waals surface area contributed by atoms with Crippen molar-refractivity contribution in [3.63, 3.8) is 0 Å². The van der Waals surface area contributed by atoms with Crippen LogP contribution in [0.15, 0.2) is 18.2 Å². The molecule has 1 aromatic rings. The van der Waals surface area contributed by atoms with E-state index in [1.165, 1.54) is 0 Å². The monoisotopic (exact) mass is 309 g/mol. The first-order valence-electron chi connectivity index (χ1n) is 7.01. The van der Waals surface area contributed by atoms with Crippen LogP contribution in [0.5, 0.6) is 0 Å². The molecule has 0 aliphatic carbocycles. The van der Waals surface area contributed by atoms with Crippen LogP contribution in [0, 0.1) is 12.8 Å². The minimum Gasteiger partial charge on any atom is -0.369 e. The second kappa shape index (κ2) is 6.35. The van der Waals surface area contributed by atoms with Crippen molar-refractivity contribution in [1.29, 1.82) is 0 Å². The number of rotatable bonds is 2. The first-order valence-corrected chi connectivity index (χ1v) is 7.39. The Morgan fingerprint density at radius 2 is 2.10 bits per heavy atom. The predicted octanol–water partition coefficient (Wildman–Crippen LogP) is 2.77. The average Bonchev–Trinajstić information content (AvgIpc) is 2.43. The highest BCUT2D eigenvalue weighted by Gasteiger charge is 2.31. The van der Waals surface area contributed by atoms with Gasteiger partial charge in [-0.3, -0.25) is 4.79 Å². The van der Waals surface area contributed by atoms with Crippen LogP contribution >= 0.6 is 11.6 Å². The molecule has 0 saturated carbocycles. The molecule has 0 radical (unpaired) electrons. The molecule has 1 heterocycles. The summed E-state index contributed by atoms with van der Waals surface area (Å²) in [5, 5.41) is 3.30. The van der Waals surface area contributed by atoms with E-state index in [1.807, 2.05) is 26.0 Å². The van der Waals surface area contributed by atoms with Crippen LogP contribution in [-0.2, 0) is 4.79 Å². The number of nitrogens with zero attached hydrogens (tertiary/aromatic N) is 1. The maximum atomic E-state index is 12.4. The second-order valence-corrected chi connectivity index (χ2v) is 6.00. The van der Waals surface area contributed by atoms with Gasteiger partial charge in [-0.1, -0.05) is 17.7 Å². The lowest BCUT2D eigenvalue weighted by Crippen LogP contribution is -2.50. The van der Waals surface area contributed by atoms with Gasteiger partial charge in [0.05, 0.1) is 16.6 Å². The largest absolute Gasteiger partial charge is 0.369 e. The minimum atomic E-state index is -0.353. The molecule has 1 saturated heterocycles. The van der Waals surface area contributed by atoms with E-state index in [-0.39, 0.29) is 23.9 Å². The van der Waals surface area contributed by atoms with Gasteiger partial charge in [-0.25, -0.2) is 4.79 Å². The number of halogens is 1. The molecule has 0 bridgehead atoms. The predicted molar refractivity (Wildman–Crippen MR) is 83.3 cm³/mol. The number of carbonyl (C=O) groups is 2. The van der Waals surface area contributed by atoms with E-state index in [1.54, 1.807) is 11.0 Å². The van der Waals surface area contributed by atoms with E-state index < -0.39 is 0 Å². The van der Waals surface area contributed by atoms with Crippen LogP contribution in [0.25, 0.3) is 0 Å². The van der Waals surface area contributed by atoms with E-state index in [4.69, 9.17) is 17.3 Å². The first kappa shape index (κ1) is 15.6. The van der Waals surface area contributed by atoms with Crippen molar-refractivity contribution in [3.05, 3.63) is 28.8 Å². The maximum Gasteiger partial charge on any atom is 0.322 e. The van der Waals surface area contributed by atoms with Gasteiger partial charge < -0.3 is 16.0 Å². The number of benzene rings is 1. The van der Waals surface area contributed by atoms with Gasteiger partial charge in [-0.2, -0.15) is 0 Å². The molecule has 0 spiro atoms. The number of carbonyl (C=O) groups excluding carboxylic acids is 2. The highest BCUT2D eigenvalue weighted by atomic mass is 35.5. The number of hydrogen-bond acceptors (Lipinski definition) is 2. The Morgan fingerprint density at radius 1 is 1.38 bits per heavy atom. The molecule has 1 aliphatic rings. The number of primary amides is 1. The zero-order valence-corrected chi connectivity index (χ0v) is 13.0. The number of hydrogen-bond donors (Lipinski definition) is 2. The highest BCUT2D eigenvalue weighted by molar-refractivity contribution is 6.33. The lowest BCUT2D eigenvalue weighted by Gasteiger charge is -2.36. The summed E-state index contributed by atoms with van der Waals surface area (Å²) in [6.07, 6.45) is 1.49. The SMILES string of the molecule is Cc1ccc(Cl)c(NC(=O)N2C[C@@H](C(N)=O)CC[C@@H]2C)c1. The number of anilines is 1. The summed E-state index contributed by atoms with van der Waals surface area (Å²) < 4.78 is 0. The molecule has 0 aromatic heterocycles. The molecule has 2 rings (SSSR count). The van der Waals surface area contributed by atoms with E-state index >= 15 is 0 Å². The van der Waals surface area contributed by atoms with Crippen LogP contribution in [0.4, 0.5) is 10.5 Å². The molecular formula is C15H20ClN3O2. The van der Waals surface area contributed by atoms with Gasteiger partial charge in [0.1, 0.15) is 0 Å². The van der Waals surface area contributed by atoms with Crippen molar-refractivity contribution in [2.24, 2.45) is 11.7 Å². The molecule has 114 valence electrons. The highest BCUT2D eigenvalue weighted by Crippen LogP contribution is 2.26. The van der Waals surface area contributed by atoms with Crippen molar-refractivity contribution in [3.8, 4) is 0 Å². The fourth-order valence-corrected chi connectivity index (χ4v) is 2.71. The Balaban J connectivity index is 2.11. The number of piperidine rings is 1. The van der Waals surface area contributed by atoms with Gasteiger partial charge in [0.25, 0.3) is 0 Å². The van der Waals surface area contributed by atoms with Crippen LogP contribution in [0.1, 0.15) is 25.3 Å². The smallest absolute Gasteiger partial charge is 0.322 e. The number of nitrogens with one attached hydrogen (secondary N) is 1. The van der Waals surface area contributed by atoms with Gasteiger partial charge in [-0.15, -0.1) is 0 Å². The molecule has 1 fully saturated rings. The number of nitrogens with two attached hydrogens (primary N) is 1. The molecule has 1 aromatic carbocycles. The topological polar surface area (TPSA) is 75.4 Å². The van der Waals surface area contributed by atoms with Crippen LogP contribution in [-0.4, -0.2) is 29.4 Å². The van der Waals surface area contributed by atoms with Gasteiger partial charge in [0.2, 0.25) is 5.91 Å². The molecule has 3 amide bonds. The lowest BCUT2D eigenvalue weighted by atomic mass is 9.93. The van der Waals surface area contributed by atoms with Gasteiger partial charge in [-0.05, 0) is 44.4 Å². The summed E-state index contributed by atoms with van der Waals surface area (Å²) in [6.45, 7) is 4.25. The molecule has 6 heteroatoms. The van der Waals surface area contributed by atoms with E-state index in [0.29, 0.717) is 17.3 Å². The summed E-state index contributed by atoms with van der Waals surface area (Å²) in [5.41, 5.74) is 6.94. The quantitative estimate of drug-likeness (QED) is 0.881. The van der Waals surface area contributed by atoms with Crippen LogP contribution < -0.4 is 11.1 Å². The summed E-state index contributed by atoms with van der Waals surface area (Å²) >= 11 is 6.09. The molecule has 2 atom stereocenters. The fourth-order valence-electron chi connectivity index (χ4n) is 2.54. The van der Waals surface area contributed by atoms with Crippen LogP contribution in [0.2, 0.25) is 5.02 Å². The zero-order valence-electron chi connectivity index (χ0n) is 12.2. The molecule has 5 nitrogen and oxygen atoms in total. The molecule has 0 unspecified atom stereocenters. The Bertz CT molecular complexity index is 562. The number of amides is 3. The number of aryl methyl sites for hydroxylation is 1. The van der Waals surface area contributed by atoms with Gasteiger partial charge in [0, 0.05) is 12.6 Å². The number of likely N-dealkylation sites (tertiary alicyclic amines) is 1. The average molecular weight is 310 g/mol. The van der Waals surface area contributed by atoms with Crippen molar-refractivity contribution >= 4 is 29.2 Å². The minimum absolute atomic E-state index is 0.0733. The summed E-state index contributed by atoms with van der Waals surface area (Å²) in [4.78, 5) is 25.4. The zero-order chi connectivity index (χ0) is 15.6. The Labute approximate surface area is 129 Å². The molecule has 3 N–H and O–H groups in total. The Hall–Kier alpha value is -1.75. The van der Waals surface area contributed by atoms with Crippen LogP contribution in [0.3, 0.4) is 0 Å². The van der Waals surface area contributed by atoms with Crippen molar-refractivity contribution in [2.45, 2.75) is 32.7 Å². The normalized spacial score (nSPS) is 22.0. The third-order valence-electron chi connectivity index (χ3n) is 3.91. The Morgan fingerprint density at radius 3 is 2.76 bits per heavy atom. The van der Waals surface area contributed by atoms with E-state index in [0.717, 1.165) is 18.4 Å². The summed E-state index contributed by atoms with van der Waals surface area (Å²) in [5.74, 6) is -0.631. The van der Waals surface area contributed by atoms with Crippen molar-refractivity contribution in [1.82, 2.24) is 4.90 Å². The number of urea groups is 1. The Kier molecular flexibility index (Phi) is 4.73. The van der Waals surface area contributed by atoms with E-state index in [2.05, 4.69) is 5.32 Å². The first-order chi connectivity index (χ1) is 9.88. The van der Waals surface area contributed by atoms with E-state index in [9.17, 15) is 9.59 Å².